The third-order valence-corrected chi connectivity index (χ3v) is 2.98. The molecule has 0 saturated heterocycles. The van der Waals surface area contributed by atoms with E-state index in [4.69, 9.17) is 5.73 Å². The first-order chi connectivity index (χ1) is 9.97. The van der Waals surface area contributed by atoms with E-state index in [9.17, 15) is 9.18 Å². The van der Waals surface area contributed by atoms with Gasteiger partial charge in [0.15, 0.2) is 0 Å². The number of rotatable bonds is 4. The Kier molecular flexibility index (Phi) is 4.55. The first-order valence-electron chi connectivity index (χ1n) is 6.56. The quantitative estimate of drug-likeness (QED) is 0.850. The van der Waals surface area contributed by atoms with E-state index >= 15 is 0 Å². The molecule has 0 aliphatic heterocycles. The van der Waals surface area contributed by atoms with Gasteiger partial charge in [0.2, 0.25) is 0 Å². The largest absolute Gasteiger partial charge is 0.396 e. The number of amides is 1. The SMILES string of the molecule is CN(C)Cc1cccc(NC(=O)c2cccc(F)c2N)c1. The molecule has 2 aromatic carbocycles. The number of nitrogens with two attached hydrogens (primary N) is 1. The molecule has 0 bridgehead atoms. The predicted octanol–water partition coefficient (Wildman–Crippen LogP) is 2.72. The van der Waals surface area contributed by atoms with Crippen LogP contribution in [0.4, 0.5) is 15.8 Å². The molecular formula is C16H18FN3O. The molecule has 5 heteroatoms. The highest BCUT2D eigenvalue weighted by molar-refractivity contribution is 6.07. The number of anilines is 2. The van der Waals surface area contributed by atoms with Crippen molar-refractivity contribution in [1.82, 2.24) is 4.90 Å². The standard InChI is InChI=1S/C16H18FN3O/c1-20(2)10-11-5-3-6-12(9-11)19-16(21)13-7-4-8-14(17)15(13)18/h3-9H,10,18H2,1-2H3,(H,19,21). The van der Waals surface area contributed by atoms with E-state index in [2.05, 4.69) is 5.32 Å². The highest BCUT2D eigenvalue weighted by Crippen LogP contribution is 2.18. The molecule has 2 rings (SSSR count). The monoisotopic (exact) mass is 287 g/mol. The summed E-state index contributed by atoms with van der Waals surface area (Å²) >= 11 is 0. The first kappa shape index (κ1) is 15.0. The topological polar surface area (TPSA) is 58.4 Å². The Hall–Kier alpha value is -2.40. The van der Waals surface area contributed by atoms with Gasteiger partial charge in [-0.3, -0.25) is 4.79 Å². The zero-order valence-electron chi connectivity index (χ0n) is 12.1. The molecule has 0 aliphatic rings. The van der Waals surface area contributed by atoms with Crippen molar-refractivity contribution in [3.63, 3.8) is 0 Å². The summed E-state index contributed by atoms with van der Waals surface area (Å²) in [5.74, 6) is -1.02. The predicted molar refractivity (Wildman–Crippen MR) is 82.6 cm³/mol. The van der Waals surface area contributed by atoms with E-state index in [1.165, 1.54) is 18.2 Å². The van der Waals surface area contributed by atoms with Gasteiger partial charge in [-0.2, -0.15) is 0 Å². The van der Waals surface area contributed by atoms with Gasteiger partial charge in [0.25, 0.3) is 5.91 Å². The molecule has 110 valence electrons. The van der Waals surface area contributed by atoms with Crippen molar-refractivity contribution in [3.8, 4) is 0 Å². The summed E-state index contributed by atoms with van der Waals surface area (Å²) in [7, 11) is 3.94. The fraction of sp³-hybridized carbons (Fsp3) is 0.188. The van der Waals surface area contributed by atoms with Crippen molar-refractivity contribution in [2.45, 2.75) is 6.54 Å². The van der Waals surface area contributed by atoms with Crippen LogP contribution in [0.1, 0.15) is 15.9 Å². The van der Waals surface area contributed by atoms with E-state index in [-0.39, 0.29) is 11.3 Å². The summed E-state index contributed by atoms with van der Waals surface area (Å²) in [4.78, 5) is 14.2. The number of nitrogens with zero attached hydrogens (tertiary/aromatic N) is 1. The van der Waals surface area contributed by atoms with Gasteiger partial charge in [0.05, 0.1) is 11.3 Å². The van der Waals surface area contributed by atoms with Crippen molar-refractivity contribution in [2.24, 2.45) is 0 Å². The van der Waals surface area contributed by atoms with E-state index < -0.39 is 11.7 Å². The molecule has 0 heterocycles. The van der Waals surface area contributed by atoms with Crippen LogP contribution in [0.5, 0.6) is 0 Å². The summed E-state index contributed by atoms with van der Waals surface area (Å²) in [6.45, 7) is 0.770. The lowest BCUT2D eigenvalue weighted by atomic mass is 10.1. The van der Waals surface area contributed by atoms with E-state index in [0.29, 0.717) is 5.69 Å². The van der Waals surface area contributed by atoms with Crippen LogP contribution in [0.25, 0.3) is 0 Å². The van der Waals surface area contributed by atoms with Crippen LogP contribution in [-0.2, 0) is 6.54 Å². The fourth-order valence-electron chi connectivity index (χ4n) is 2.05. The van der Waals surface area contributed by atoms with Crippen molar-refractivity contribution in [1.29, 1.82) is 0 Å². The average molecular weight is 287 g/mol. The molecule has 2 aromatic rings. The summed E-state index contributed by atoms with van der Waals surface area (Å²) in [6.07, 6.45) is 0. The summed E-state index contributed by atoms with van der Waals surface area (Å²) < 4.78 is 13.4. The Bertz CT molecular complexity index is 656. The minimum atomic E-state index is -0.594. The Morgan fingerprint density at radius 2 is 1.95 bits per heavy atom. The van der Waals surface area contributed by atoms with Crippen LogP contribution in [0.2, 0.25) is 0 Å². The lowest BCUT2D eigenvalue weighted by Gasteiger charge is -2.12. The minimum absolute atomic E-state index is 0.132. The molecule has 0 unspecified atom stereocenters. The van der Waals surface area contributed by atoms with Crippen LogP contribution >= 0.6 is 0 Å². The van der Waals surface area contributed by atoms with Gasteiger partial charge < -0.3 is 16.0 Å². The maximum absolute atomic E-state index is 13.4. The molecule has 0 saturated carbocycles. The van der Waals surface area contributed by atoms with E-state index in [1.807, 2.05) is 37.2 Å². The highest BCUT2D eigenvalue weighted by atomic mass is 19.1. The second kappa shape index (κ2) is 6.37. The number of carbonyl (C=O) groups excluding carboxylic acids is 1. The van der Waals surface area contributed by atoms with Crippen LogP contribution in [0, 0.1) is 5.82 Å². The van der Waals surface area contributed by atoms with Gasteiger partial charge in [-0.1, -0.05) is 18.2 Å². The van der Waals surface area contributed by atoms with Crippen molar-refractivity contribution in [3.05, 3.63) is 59.4 Å². The first-order valence-corrected chi connectivity index (χ1v) is 6.56. The van der Waals surface area contributed by atoms with Crippen molar-refractivity contribution < 1.29 is 9.18 Å². The van der Waals surface area contributed by atoms with Gasteiger partial charge in [-0.25, -0.2) is 4.39 Å². The normalized spacial score (nSPS) is 10.7. The van der Waals surface area contributed by atoms with Crippen LogP contribution < -0.4 is 11.1 Å². The second-order valence-corrected chi connectivity index (χ2v) is 5.09. The molecule has 4 nitrogen and oxygen atoms in total. The Balaban J connectivity index is 2.18. The highest BCUT2D eigenvalue weighted by Gasteiger charge is 2.12. The molecule has 21 heavy (non-hydrogen) atoms. The van der Waals surface area contributed by atoms with E-state index in [1.54, 1.807) is 6.07 Å². The van der Waals surface area contributed by atoms with Gasteiger partial charge in [-0.15, -0.1) is 0 Å². The van der Waals surface area contributed by atoms with Crippen molar-refractivity contribution >= 4 is 17.3 Å². The number of carbonyl (C=O) groups is 1. The molecule has 0 fully saturated rings. The third kappa shape index (κ3) is 3.79. The summed E-state index contributed by atoms with van der Waals surface area (Å²) in [6, 6.07) is 11.7. The Morgan fingerprint density at radius 1 is 1.24 bits per heavy atom. The van der Waals surface area contributed by atoms with E-state index in [0.717, 1.165) is 12.1 Å². The zero-order chi connectivity index (χ0) is 15.4. The zero-order valence-corrected chi connectivity index (χ0v) is 12.1. The Morgan fingerprint density at radius 3 is 2.67 bits per heavy atom. The van der Waals surface area contributed by atoms with Crippen LogP contribution in [-0.4, -0.2) is 24.9 Å². The maximum atomic E-state index is 13.4. The smallest absolute Gasteiger partial charge is 0.257 e. The minimum Gasteiger partial charge on any atom is -0.396 e. The number of para-hydroxylation sites is 1. The molecule has 0 aliphatic carbocycles. The van der Waals surface area contributed by atoms with Gasteiger partial charge in [-0.05, 0) is 43.9 Å². The molecule has 1 amide bonds. The van der Waals surface area contributed by atoms with Crippen LogP contribution in [0.15, 0.2) is 42.5 Å². The number of hydrogen-bond donors (Lipinski definition) is 2. The number of nitrogens with one attached hydrogen (secondary N) is 1. The van der Waals surface area contributed by atoms with Gasteiger partial charge >= 0.3 is 0 Å². The average Bonchev–Trinajstić information content (AvgIpc) is 2.41. The number of halogens is 1. The molecule has 0 aromatic heterocycles. The molecule has 0 spiro atoms. The van der Waals surface area contributed by atoms with Gasteiger partial charge in [0, 0.05) is 12.2 Å². The Labute approximate surface area is 123 Å². The van der Waals surface area contributed by atoms with Crippen LogP contribution in [0.3, 0.4) is 0 Å². The molecular weight excluding hydrogens is 269 g/mol. The maximum Gasteiger partial charge on any atom is 0.257 e. The number of nitrogen functional groups attached to an aromatic ring is 1. The van der Waals surface area contributed by atoms with Crippen molar-refractivity contribution in [2.75, 3.05) is 25.1 Å². The molecule has 0 atom stereocenters. The lowest BCUT2D eigenvalue weighted by Crippen LogP contribution is -2.15. The number of hydrogen-bond acceptors (Lipinski definition) is 3. The second-order valence-electron chi connectivity index (χ2n) is 5.09. The number of benzene rings is 2. The molecule has 0 radical (unpaired) electrons. The van der Waals surface area contributed by atoms with Gasteiger partial charge in [0.1, 0.15) is 5.82 Å². The molecule has 3 N–H and O–H groups in total. The summed E-state index contributed by atoms with van der Waals surface area (Å²) in [5, 5.41) is 2.74. The summed E-state index contributed by atoms with van der Waals surface area (Å²) in [5.41, 5.74) is 7.31. The lowest BCUT2D eigenvalue weighted by molar-refractivity contribution is 0.102. The third-order valence-electron chi connectivity index (χ3n) is 2.98. The fourth-order valence-corrected chi connectivity index (χ4v) is 2.05.